The molecule has 0 heterocycles. The topological polar surface area (TPSA) is 55.4 Å². The molecular formula is C20H25NO3. The highest BCUT2D eigenvalue weighted by atomic mass is 16.5. The molecule has 0 aliphatic heterocycles. The van der Waals surface area contributed by atoms with Gasteiger partial charge in [-0.3, -0.25) is 9.59 Å². The predicted octanol–water partition coefficient (Wildman–Crippen LogP) is 3.68. The molecule has 2 aliphatic carbocycles. The van der Waals surface area contributed by atoms with Gasteiger partial charge in [-0.2, -0.15) is 0 Å². The number of ether oxygens (including phenoxy) is 1. The second kappa shape index (κ2) is 6.42. The Labute approximate surface area is 143 Å². The number of allylic oxidation sites excluding steroid dienone is 2. The van der Waals surface area contributed by atoms with Crippen molar-refractivity contribution in [2.24, 2.45) is 17.8 Å². The fourth-order valence-electron chi connectivity index (χ4n) is 3.55. The number of hydrogen-bond donors (Lipinski definition) is 1. The predicted molar refractivity (Wildman–Crippen MR) is 93.6 cm³/mol. The second-order valence-corrected chi connectivity index (χ2v) is 7.87. The minimum Gasteiger partial charge on any atom is -0.455 e. The van der Waals surface area contributed by atoms with E-state index in [9.17, 15) is 9.59 Å². The summed E-state index contributed by atoms with van der Waals surface area (Å²) in [6.07, 6.45) is 6.20. The number of rotatable bonds is 4. The summed E-state index contributed by atoms with van der Waals surface area (Å²) in [4.78, 5) is 24.1. The highest BCUT2D eigenvalue weighted by molar-refractivity contribution is 5.93. The van der Waals surface area contributed by atoms with Crippen LogP contribution in [0.3, 0.4) is 0 Å². The average molecular weight is 327 g/mol. The van der Waals surface area contributed by atoms with Crippen LogP contribution in [-0.4, -0.2) is 18.5 Å². The Kier molecular flexibility index (Phi) is 4.48. The SMILES string of the molecule is CC(C)(C)c1ccc(NC(=O)COC(=O)C2CC3C=CC2C3)cc1. The molecule has 0 saturated heterocycles. The molecule has 1 amide bonds. The van der Waals surface area contributed by atoms with Gasteiger partial charge >= 0.3 is 5.97 Å². The summed E-state index contributed by atoms with van der Waals surface area (Å²) in [5, 5.41) is 2.77. The first-order valence-electron chi connectivity index (χ1n) is 8.58. The Bertz CT molecular complexity index is 654. The van der Waals surface area contributed by atoms with E-state index in [1.807, 2.05) is 24.3 Å². The van der Waals surface area contributed by atoms with Crippen molar-refractivity contribution in [1.29, 1.82) is 0 Å². The van der Waals surface area contributed by atoms with Gasteiger partial charge in [-0.25, -0.2) is 0 Å². The van der Waals surface area contributed by atoms with Crippen LogP contribution in [0.5, 0.6) is 0 Å². The van der Waals surface area contributed by atoms with Gasteiger partial charge in [-0.15, -0.1) is 0 Å². The molecule has 3 atom stereocenters. The zero-order valence-electron chi connectivity index (χ0n) is 14.5. The monoisotopic (exact) mass is 327 g/mol. The maximum Gasteiger partial charge on any atom is 0.310 e. The van der Waals surface area contributed by atoms with Crippen molar-refractivity contribution in [1.82, 2.24) is 0 Å². The third-order valence-electron chi connectivity index (χ3n) is 4.96. The molecule has 1 aromatic carbocycles. The number of amides is 1. The quantitative estimate of drug-likeness (QED) is 0.678. The van der Waals surface area contributed by atoms with Crippen LogP contribution in [0.25, 0.3) is 0 Å². The summed E-state index contributed by atoms with van der Waals surface area (Å²) in [5.41, 5.74) is 2.00. The zero-order chi connectivity index (χ0) is 17.3. The van der Waals surface area contributed by atoms with Crippen LogP contribution in [0.15, 0.2) is 36.4 Å². The molecule has 2 aliphatic rings. The Balaban J connectivity index is 1.47. The highest BCUT2D eigenvalue weighted by Crippen LogP contribution is 2.43. The van der Waals surface area contributed by atoms with Crippen LogP contribution in [0.1, 0.15) is 39.2 Å². The standard InChI is InChI=1S/C20H25NO3/c1-20(2,3)15-6-8-16(9-7-15)21-18(22)12-24-19(23)17-11-13-4-5-14(17)10-13/h4-9,13-14,17H,10-12H2,1-3H3,(H,21,22). The van der Waals surface area contributed by atoms with Crippen LogP contribution in [-0.2, 0) is 19.7 Å². The Morgan fingerprint density at radius 1 is 1.12 bits per heavy atom. The lowest BCUT2D eigenvalue weighted by Crippen LogP contribution is -2.26. The second-order valence-electron chi connectivity index (χ2n) is 7.87. The van der Waals surface area contributed by atoms with Crippen LogP contribution in [0.2, 0.25) is 0 Å². The average Bonchev–Trinajstić information content (AvgIpc) is 3.15. The summed E-state index contributed by atoms with van der Waals surface area (Å²) in [7, 11) is 0. The van der Waals surface area contributed by atoms with Gasteiger partial charge in [0, 0.05) is 5.69 Å². The molecule has 3 unspecified atom stereocenters. The maximum atomic E-state index is 12.1. The minimum absolute atomic E-state index is 0.0705. The third kappa shape index (κ3) is 3.69. The van der Waals surface area contributed by atoms with E-state index < -0.39 is 0 Å². The summed E-state index contributed by atoms with van der Waals surface area (Å²) >= 11 is 0. The van der Waals surface area contributed by atoms with Gasteiger partial charge in [0.05, 0.1) is 5.92 Å². The van der Waals surface area contributed by atoms with Gasteiger partial charge in [0.25, 0.3) is 5.91 Å². The van der Waals surface area contributed by atoms with Crippen molar-refractivity contribution in [3.8, 4) is 0 Å². The van der Waals surface area contributed by atoms with Gasteiger partial charge in [0.15, 0.2) is 6.61 Å². The van der Waals surface area contributed by atoms with Crippen LogP contribution >= 0.6 is 0 Å². The van der Waals surface area contributed by atoms with Gasteiger partial charge in [0.2, 0.25) is 0 Å². The molecule has 0 spiro atoms. The number of nitrogens with one attached hydrogen (secondary N) is 1. The molecule has 0 aromatic heterocycles. The number of fused-ring (bicyclic) bond motifs is 2. The zero-order valence-corrected chi connectivity index (χ0v) is 14.5. The van der Waals surface area contributed by atoms with Gasteiger partial charge < -0.3 is 10.1 Å². The van der Waals surface area contributed by atoms with Crippen LogP contribution in [0.4, 0.5) is 5.69 Å². The molecule has 24 heavy (non-hydrogen) atoms. The Hall–Kier alpha value is -2.10. The fraction of sp³-hybridized carbons (Fsp3) is 0.500. The molecule has 1 aromatic rings. The summed E-state index contributed by atoms with van der Waals surface area (Å²) in [6.45, 7) is 6.21. The van der Waals surface area contributed by atoms with Crippen molar-refractivity contribution in [3.63, 3.8) is 0 Å². The number of carbonyl (C=O) groups is 2. The molecule has 128 valence electrons. The van der Waals surface area contributed by atoms with E-state index in [4.69, 9.17) is 4.74 Å². The van der Waals surface area contributed by atoms with Gasteiger partial charge in [-0.05, 0) is 47.8 Å². The van der Waals surface area contributed by atoms with E-state index in [0.29, 0.717) is 17.5 Å². The molecule has 4 nitrogen and oxygen atoms in total. The van der Waals surface area contributed by atoms with Crippen LogP contribution in [0, 0.1) is 17.8 Å². The van der Waals surface area contributed by atoms with Crippen molar-refractivity contribution < 1.29 is 14.3 Å². The highest BCUT2D eigenvalue weighted by Gasteiger charge is 2.40. The number of benzene rings is 1. The Morgan fingerprint density at radius 3 is 2.38 bits per heavy atom. The lowest BCUT2D eigenvalue weighted by atomic mass is 9.87. The molecular weight excluding hydrogens is 302 g/mol. The maximum absolute atomic E-state index is 12.1. The largest absolute Gasteiger partial charge is 0.455 e. The molecule has 1 saturated carbocycles. The first-order valence-corrected chi connectivity index (χ1v) is 8.58. The first kappa shape index (κ1) is 16.7. The number of esters is 1. The number of anilines is 1. The van der Waals surface area contributed by atoms with E-state index in [1.54, 1.807) is 0 Å². The molecule has 4 heteroatoms. The summed E-state index contributed by atoms with van der Waals surface area (Å²) < 4.78 is 5.21. The van der Waals surface area contributed by atoms with E-state index in [2.05, 4.69) is 38.2 Å². The van der Waals surface area contributed by atoms with Gasteiger partial charge in [0.1, 0.15) is 0 Å². The minimum atomic E-state index is -0.300. The molecule has 1 N–H and O–H groups in total. The molecule has 2 bridgehead atoms. The van der Waals surface area contributed by atoms with E-state index >= 15 is 0 Å². The molecule has 1 fully saturated rings. The first-order chi connectivity index (χ1) is 11.3. The Morgan fingerprint density at radius 2 is 1.83 bits per heavy atom. The number of hydrogen-bond acceptors (Lipinski definition) is 3. The lowest BCUT2D eigenvalue weighted by Gasteiger charge is -2.19. The molecule has 0 radical (unpaired) electrons. The lowest BCUT2D eigenvalue weighted by molar-refractivity contribution is -0.152. The van der Waals surface area contributed by atoms with Crippen LogP contribution < -0.4 is 5.32 Å². The van der Waals surface area contributed by atoms with E-state index in [-0.39, 0.29) is 29.8 Å². The van der Waals surface area contributed by atoms with Crippen molar-refractivity contribution >= 4 is 17.6 Å². The summed E-state index contributed by atoms with van der Waals surface area (Å²) in [6, 6.07) is 7.76. The summed E-state index contributed by atoms with van der Waals surface area (Å²) in [5.74, 6) is 0.202. The fourth-order valence-corrected chi connectivity index (χ4v) is 3.55. The van der Waals surface area contributed by atoms with Gasteiger partial charge in [-0.1, -0.05) is 45.1 Å². The van der Waals surface area contributed by atoms with Crippen molar-refractivity contribution in [2.75, 3.05) is 11.9 Å². The molecule has 3 rings (SSSR count). The van der Waals surface area contributed by atoms with E-state index in [0.717, 1.165) is 12.8 Å². The number of carbonyl (C=O) groups excluding carboxylic acids is 2. The normalized spacial score (nSPS) is 24.9. The van der Waals surface area contributed by atoms with Crippen molar-refractivity contribution in [2.45, 2.75) is 39.0 Å². The van der Waals surface area contributed by atoms with E-state index in [1.165, 1.54) is 5.56 Å². The smallest absolute Gasteiger partial charge is 0.310 e. The van der Waals surface area contributed by atoms with Crippen molar-refractivity contribution in [3.05, 3.63) is 42.0 Å². The third-order valence-corrected chi connectivity index (χ3v) is 4.96.